The summed E-state index contributed by atoms with van der Waals surface area (Å²) in [5.41, 5.74) is 0.662. The molecule has 0 bridgehead atoms. The lowest BCUT2D eigenvalue weighted by Gasteiger charge is -2.54. The van der Waals surface area contributed by atoms with Crippen LogP contribution in [0.15, 0.2) is 36.4 Å². The SMILES string of the molecule is COC(=O)N[C@H]1CCC[C@@H]1C(CN1CCC1)(c1cccc(F)c1)C1CCN(CC2CN(c3c(F)cc(C#N)cc3F)C2)CC1. The first-order valence-corrected chi connectivity index (χ1v) is 16.0. The van der Waals surface area contributed by atoms with E-state index >= 15 is 0 Å². The molecule has 2 aromatic carbocycles. The summed E-state index contributed by atoms with van der Waals surface area (Å²) in [6, 6.07) is 11.1. The van der Waals surface area contributed by atoms with Gasteiger partial charge in [-0.25, -0.2) is 18.0 Å². The molecular formula is C34H42F3N5O2. The number of benzene rings is 2. The number of carbonyl (C=O) groups excluding carboxylic acids is 1. The highest BCUT2D eigenvalue weighted by molar-refractivity contribution is 5.67. The maximum absolute atomic E-state index is 14.9. The van der Waals surface area contributed by atoms with E-state index < -0.39 is 17.7 Å². The number of nitrogens with zero attached hydrogens (tertiary/aromatic N) is 4. The minimum absolute atomic E-state index is 0.0166. The van der Waals surface area contributed by atoms with Gasteiger partial charge in [0.15, 0.2) is 11.6 Å². The van der Waals surface area contributed by atoms with E-state index in [1.807, 2.05) is 6.07 Å². The highest BCUT2D eigenvalue weighted by atomic mass is 19.1. The molecule has 236 valence electrons. The van der Waals surface area contributed by atoms with Crippen molar-refractivity contribution in [3.8, 4) is 6.07 Å². The van der Waals surface area contributed by atoms with Crippen LogP contribution < -0.4 is 10.2 Å². The van der Waals surface area contributed by atoms with Crippen LogP contribution in [0.5, 0.6) is 0 Å². The number of carbonyl (C=O) groups is 1. The van der Waals surface area contributed by atoms with Crippen molar-refractivity contribution in [3.63, 3.8) is 0 Å². The minimum atomic E-state index is -0.691. The summed E-state index contributed by atoms with van der Waals surface area (Å²) in [5, 5.41) is 12.1. The predicted molar refractivity (Wildman–Crippen MR) is 162 cm³/mol. The van der Waals surface area contributed by atoms with E-state index in [1.54, 1.807) is 17.0 Å². The Labute approximate surface area is 257 Å². The standard InChI is InChI=1S/C34H42F3N5O2/c1-44-33(43)39-31-8-3-7-28(31)34(22-41-11-4-12-41,26-5-2-6-27(35)17-26)25-9-13-40(14-10-25)19-24-20-42(21-24)32-29(36)15-23(18-38)16-30(32)37/h2,5-6,15-17,24-25,28,31H,3-4,7-14,19-22H2,1H3,(H,39,43)/t28-,31-,34?/m0/s1. The number of amides is 1. The Morgan fingerprint density at radius 3 is 2.34 bits per heavy atom. The van der Waals surface area contributed by atoms with E-state index in [4.69, 9.17) is 10.00 Å². The molecule has 44 heavy (non-hydrogen) atoms. The smallest absolute Gasteiger partial charge is 0.407 e. The molecule has 1 amide bonds. The van der Waals surface area contributed by atoms with Gasteiger partial charge in [0.25, 0.3) is 0 Å². The monoisotopic (exact) mass is 609 g/mol. The second kappa shape index (κ2) is 13.0. The average molecular weight is 610 g/mol. The van der Waals surface area contributed by atoms with Crippen molar-refractivity contribution in [1.29, 1.82) is 5.26 Å². The number of anilines is 1. The van der Waals surface area contributed by atoms with Crippen molar-refractivity contribution in [2.75, 3.05) is 64.4 Å². The lowest BCUT2D eigenvalue weighted by Crippen LogP contribution is -2.60. The number of nitriles is 1. The molecule has 10 heteroatoms. The summed E-state index contributed by atoms with van der Waals surface area (Å²) in [4.78, 5) is 19.1. The topological polar surface area (TPSA) is 71.8 Å². The number of nitrogens with one attached hydrogen (secondary N) is 1. The van der Waals surface area contributed by atoms with E-state index in [0.717, 1.165) is 89.1 Å². The van der Waals surface area contributed by atoms with Crippen molar-refractivity contribution in [1.82, 2.24) is 15.1 Å². The van der Waals surface area contributed by atoms with Crippen LogP contribution >= 0.6 is 0 Å². The van der Waals surface area contributed by atoms with Crippen molar-refractivity contribution in [2.24, 2.45) is 17.8 Å². The number of rotatable bonds is 9. The van der Waals surface area contributed by atoms with E-state index in [0.29, 0.717) is 24.9 Å². The second-order valence-electron chi connectivity index (χ2n) is 13.2. The molecule has 3 saturated heterocycles. The summed E-state index contributed by atoms with van der Waals surface area (Å²) in [7, 11) is 1.40. The first-order chi connectivity index (χ1) is 21.3. The fourth-order valence-corrected chi connectivity index (χ4v) is 8.53. The number of alkyl carbamates (subject to hydrolysis) is 1. The van der Waals surface area contributed by atoms with Gasteiger partial charge in [0.05, 0.1) is 18.7 Å². The maximum Gasteiger partial charge on any atom is 0.407 e. The van der Waals surface area contributed by atoms with Crippen LogP contribution in [0.25, 0.3) is 0 Å². The molecule has 3 heterocycles. The minimum Gasteiger partial charge on any atom is -0.453 e. The molecule has 4 fully saturated rings. The lowest BCUT2D eigenvalue weighted by molar-refractivity contribution is 0.0223. The number of methoxy groups -OCH3 is 1. The van der Waals surface area contributed by atoms with Crippen LogP contribution in [0, 0.1) is 46.5 Å². The first-order valence-electron chi connectivity index (χ1n) is 16.0. The third-order valence-corrected chi connectivity index (χ3v) is 10.7. The zero-order valence-electron chi connectivity index (χ0n) is 25.4. The Balaban J connectivity index is 1.18. The molecular weight excluding hydrogens is 567 g/mol. The molecule has 0 spiro atoms. The summed E-state index contributed by atoms with van der Waals surface area (Å²) in [5.74, 6) is -0.831. The van der Waals surface area contributed by atoms with Gasteiger partial charge in [-0.15, -0.1) is 0 Å². The van der Waals surface area contributed by atoms with Crippen LogP contribution in [0.4, 0.5) is 23.7 Å². The summed E-state index contributed by atoms with van der Waals surface area (Å²) in [6.07, 6.45) is 5.54. The molecule has 3 aliphatic heterocycles. The summed E-state index contributed by atoms with van der Waals surface area (Å²) < 4.78 is 48.9. The molecule has 1 unspecified atom stereocenters. The van der Waals surface area contributed by atoms with Crippen LogP contribution in [0.2, 0.25) is 0 Å². The maximum atomic E-state index is 14.9. The zero-order chi connectivity index (χ0) is 30.8. The number of likely N-dealkylation sites (tertiary alicyclic amines) is 2. The van der Waals surface area contributed by atoms with Gasteiger partial charge in [-0.1, -0.05) is 18.6 Å². The number of hydrogen-bond acceptors (Lipinski definition) is 6. The fourth-order valence-electron chi connectivity index (χ4n) is 8.53. The van der Waals surface area contributed by atoms with Crippen LogP contribution in [-0.4, -0.2) is 81.4 Å². The molecule has 0 radical (unpaired) electrons. The molecule has 0 aromatic heterocycles. The normalized spacial score (nSPS) is 24.7. The van der Waals surface area contributed by atoms with Gasteiger partial charge in [0.2, 0.25) is 0 Å². The molecule has 3 atom stereocenters. The molecule has 1 N–H and O–H groups in total. The third kappa shape index (κ3) is 6.01. The van der Waals surface area contributed by atoms with Crippen LogP contribution in [0.3, 0.4) is 0 Å². The van der Waals surface area contributed by atoms with E-state index in [1.165, 1.54) is 19.6 Å². The van der Waals surface area contributed by atoms with Gasteiger partial charge in [0, 0.05) is 43.6 Å². The third-order valence-electron chi connectivity index (χ3n) is 10.7. The first kappa shape index (κ1) is 30.7. The highest BCUT2D eigenvalue weighted by Crippen LogP contribution is 2.51. The van der Waals surface area contributed by atoms with E-state index in [2.05, 4.69) is 21.2 Å². The predicted octanol–water partition coefficient (Wildman–Crippen LogP) is 5.29. The van der Waals surface area contributed by atoms with E-state index in [-0.39, 0.29) is 34.4 Å². The van der Waals surface area contributed by atoms with Gasteiger partial charge in [0.1, 0.15) is 11.5 Å². The van der Waals surface area contributed by atoms with Crippen molar-refractivity contribution in [2.45, 2.75) is 50.0 Å². The number of halogens is 3. The number of piperidine rings is 1. The van der Waals surface area contributed by atoms with Gasteiger partial charge < -0.3 is 24.8 Å². The van der Waals surface area contributed by atoms with Crippen molar-refractivity contribution < 1.29 is 22.7 Å². The van der Waals surface area contributed by atoms with Crippen LogP contribution in [0.1, 0.15) is 49.7 Å². The fraction of sp³-hybridized carbons (Fsp3) is 0.588. The molecule has 7 nitrogen and oxygen atoms in total. The Morgan fingerprint density at radius 1 is 1.00 bits per heavy atom. The number of ether oxygens (including phenoxy) is 1. The van der Waals surface area contributed by atoms with Crippen molar-refractivity contribution in [3.05, 3.63) is 65.0 Å². The molecule has 2 aromatic rings. The quantitative estimate of drug-likeness (QED) is 0.417. The summed E-state index contributed by atoms with van der Waals surface area (Å²) in [6.45, 7) is 6.74. The average Bonchev–Trinajstić information content (AvgIpc) is 3.43. The van der Waals surface area contributed by atoms with Crippen LogP contribution in [-0.2, 0) is 10.2 Å². The Bertz CT molecular complexity index is 1360. The van der Waals surface area contributed by atoms with Gasteiger partial charge in [-0.05, 0) is 99.9 Å². The Kier molecular flexibility index (Phi) is 9.06. The largest absolute Gasteiger partial charge is 0.453 e. The van der Waals surface area contributed by atoms with Gasteiger partial charge in [-0.3, -0.25) is 0 Å². The summed E-state index contributed by atoms with van der Waals surface area (Å²) >= 11 is 0. The molecule has 1 saturated carbocycles. The highest BCUT2D eigenvalue weighted by Gasteiger charge is 2.53. The Hall–Kier alpha value is -3.29. The van der Waals surface area contributed by atoms with Gasteiger partial charge >= 0.3 is 6.09 Å². The molecule has 4 aliphatic rings. The lowest BCUT2D eigenvalue weighted by atomic mass is 9.57. The zero-order valence-corrected chi connectivity index (χ0v) is 25.4. The number of hydrogen-bond donors (Lipinski definition) is 1. The molecule has 6 rings (SSSR count). The van der Waals surface area contributed by atoms with Crippen molar-refractivity contribution >= 4 is 11.8 Å². The second-order valence-corrected chi connectivity index (χ2v) is 13.2. The molecule has 1 aliphatic carbocycles. The Morgan fingerprint density at radius 2 is 1.73 bits per heavy atom. The van der Waals surface area contributed by atoms with E-state index in [9.17, 15) is 18.0 Å². The van der Waals surface area contributed by atoms with Gasteiger partial charge in [-0.2, -0.15) is 5.26 Å².